The zero-order valence-corrected chi connectivity index (χ0v) is 13.9. The Balaban J connectivity index is 1.75. The fraction of sp³-hybridized carbons (Fsp3) is 0.167. The number of aryl methyl sites for hydroxylation is 1. The second-order valence-corrected chi connectivity index (χ2v) is 5.48. The number of hydrogen-bond acceptors (Lipinski definition) is 4. The lowest BCUT2D eigenvalue weighted by atomic mass is 10.1. The Bertz CT molecular complexity index is 890. The van der Waals surface area contributed by atoms with E-state index in [0.717, 1.165) is 5.56 Å². The summed E-state index contributed by atoms with van der Waals surface area (Å²) in [4.78, 5) is 20.6. The van der Waals surface area contributed by atoms with E-state index < -0.39 is 5.82 Å². The Morgan fingerprint density at radius 3 is 2.76 bits per heavy atom. The van der Waals surface area contributed by atoms with Crippen molar-refractivity contribution in [2.75, 3.05) is 7.11 Å². The molecule has 0 aliphatic rings. The standard InChI is InChI=1S/C18H17FN4O2/c1-23-6-5-20-17(23)13-7-14(9-15(19)8-13)18(24)22-11-12-3-4-16(25-2)21-10-12/h3-10H,11H2,1-2H3,(H,22,24). The fourth-order valence-corrected chi connectivity index (χ4v) is 2.41. The van der Waals surface area contributed by atoms with Crippen molar-refractivity contribution in [2.24, 2.45) is 7.05 Å². The van der Waals surface area contributed by atoms with Crippen LogP contribution in [0, 0.1) is 5.82 Å². The molecule has 0 spiro atoms. The van der Waals surface area contributed by atoms with Gasteiger partial charge in [-0.3, -0.25) is 4.79 Å². The number of rotatable bonds is 5. The van der Waals surface area contributed by atoms with E-state index in [1.165, 1.54) is 19.2 Å². The van der Waals surface area contributed by atoms with Gasteiger partial charge < -0.3 is 14.6 Å². The van der Waals surface area contributed by atoms with Crippen molar-refractivity contribution in [1.29, 1.82) is 0 Å². The molecule has 0 saturated heterocycles. The van der Waals surface area contributed by atoms with E-state index in [2.05, 4.69) is 15.3 Å². The van der Waals surface area contributed by atoms with Gasteiger partial charge in [0.05, 0.1) is 7.11 Å². The van der Waals surface area contributed by atoms with Crippen LogP contribution in [0.15, 0.2) is 48.9 Å². The van der Waals surface area contributed by atoms with E-state index in [9.17, 15) is 9.18 Å². The first-order valence-corrected chi connectivity index (χ1v) is 7.62. The van der Waals surface area contributed by atoms with Gasteiger partial charge in [-0.05, 0) is 23.8 Å². The molecule has 128 valence electrons. The smallest absolute Gasteiger partial charge is 0.251 e. The Morgan fingerprint density at radius 2 is 2.12 bits per heavy atom. The Labute approximate surface area is 144 Å². The normalized spacial score (nSPS) is 10.5. The number of nitrogens with one attached hydrogen (secondary N) is 1. The molecule has 3 rings (SSSR count). The van der Waals surface area contributed by atoms with Crippen molar-refractivity contribution in [3.8, 4) is 17.3 Å². The first-order valence-electron chi connectivity index (χ1n) is 7.62. The number of aromatic nitrogens is 3. The number of nitrogens with zero attached hydrogens (tertiary/aromatic N) is 3. The average molecular weight is 340 g/mol. The van der Waals surface area contributed by atoms with E-state index in [1.54, 1.807) is 41.4 Å². The SMILES string of the molecule is COc1ccc(CNC(=O)c2cc(F)cc(-c3nccn3C)c2)cn1. The van der Waals surface area contributed by atoms with Gasteiger partial charge in [0.1, 0.15) is 11.6 Å². The highest BCUT2D eigenvalue weighted by molar-refractivity contribution is 5.95. The number of hydrogen-bond donors (Lipinski definition) is 1. The zero-order valence-electron chi connectivity index (χ0n) is 13.9. The van der Waals surface area contributed by atoms with Gasteiger partial charge in [0, 0.05) is 49.4 Å². The van der Waals surface area contributed by atoms with Crippen LogP contribution in [0.25, 0.3) is 11.4 Å². The van der Waals surface area contributed by atoms with Crippen molar-refractivity contribution in [3.05, 3.63) is 65.9 Å². The molecule has 1 N–H and O–H groups in total. The van der Waals surface area contributed by atoms with Crippen molar-refractivity contribution in [3.63, 3.8) is 0 Å². The zero-order chi connectivity index (χ0) is 17.8. The minimum Gasteiger partial charge on any atom is -0.481 e. The topological polar surface area (TPSA) is 69.0 Å². The monoisotopic (exact) mass is 340 g/mol. The lowest BCUT2D eigenvalue weighted by Gasteiger charge is -2.08. The molecule has 7 heteroatoms. The molecule has 1 aromatic carbocycles. The molecule has 25 heavy (non-hydrogen) atoms. The van der Waals surface area contributed by atoms with Gasteiger partial charge in [0.15, 0.2) is 0 Å². The summed E-state index contributed by atoms with van der Waals surface area (Å²) in [6.45, 7) is 0.282. The number of amides is 1. The second kappa shape index (κ2) is 7.12. The molecule has 0 aliphatic carbocycles. The van der Waals surface area contributed by atoms with Crippen molar-refractivity contribution >= 4 is 5.91 Å². The van der Waals surface area contributed by atoms with Crippen LogP contribution in [-0.4, -0.2) is 27.6 Å². The van der Waals surface area contributed by atoms with Crippen LogP contribution in [0.3, 0.4) is 0 Å². The Hall–Kier alpha value is -3.22. The minimum absolute atomic E-state index is 0.236. The Kier molecular flexibility index (Phi) is 4.74. The van der Waals surface area contributed by atoms with E-state index >= 15 is 0 Å². The molecule has 2 aromatic heterocycles. The molecule has 0 aliphatic heterocycles. The quantitative estimate of drug-likeness (QED) is 0.775. The van der Waals surface area contributed by atoms with E-state index in [-0.39, 0.29) is 18.0 Å². The second-order valence-electron chi connectivity index (χ2n) is 5.48. The number of ether oxygens (including phenoxy) is 1. The van der Waals surface area contributed by atoms with Crippen LogP contribution in [0.4, 0.5) is 4.39 Å². The molecule has 0 atom stereocenters. The number of pyridine rings is 1. The van der Waals surface area contributed by atoms with Crippen molar-refractivity contribution in [1.82, 2.24) is 19.9 Å². The summed E-state index contributed by atoms with van der Waals surface area (Å²) in [7, 11) is 3.34. The molecule has 1 amide bonds. The average Bonchev–Trinajstić information content (AvgIpc) is 3.05. The maximum Gasteiger partial charge on any atom is 0.251 e. The summed E-state index contributed by atoms with van der Waals surface area (Å²) in [6, 6.07) is 7.69. The van der Waals surface area contributed by atoms with Crippen LogP contribution < -0.4 is 10.1 Å². The first kappa shape index (κ1) is 16.6. The van der Waals surface area contributed by atoms with Gasteiger partial charge in [-0.25, -0.2) is 14.4 Å². The third kappa shape index (κ3) is 3.82. The predicted octanol–water partition coefficient (Wildman–Crippen LogP) is 2.56. The van der Waals surface area contributed by atoms with Crippen molar-refractivity contribution in [2.45, 2.75) is 6.54 Å². The third-order valence-electron chi connectivity index (χ3n) is 3.70. The van der Waals surface area contributed by atoms with Crippen molar-refractivity contribution < 1.29 is 13.9 Å². The summed E-state index contributed by atoms with van der Waals surface area (Å²) in [6.07, 6.45) is 5.00. The molecule has 0 bridgehead atoms. The predicted molar refractivity (Wildman–Crippen MR) is 90.6 cm³/mol. The van der Waals surface area contributed by atoms with Crippen LogP contribution in [0.5, 0.6) is 5.88 Å². The maximum absolute atomic E-state index is 13.9. The number of methoxy groups -OCH3 is 1. The van der Waals surface area contributed by atoms with Crippen LogP contribution in [0.2, 0.25) is 0 Å². The largest absolute Gasteiger partial charge is 0.481 e. The summed E-state index contributed by atoms with van der Waals surface area (Å²) >= 11 is 0. The van der Waals surface area contributed by atoms with E-state index in [1.807, 2.05) is 7.05 Å². The van der Waals surface area contributed by atoms with Crippen LogP contribution >= 0.6 is 0 Å². The maximum atomic E-state index is 13.9. The molecule has 6 nitrogen and oxygen atoms in total. The minimum atomic E-state index is -0.489. The van der Waals surface area contributed by atoms with Crippen LogP contribution in [-0.2, 0) is 13.6 Å². The molecule has 3 aromatic rings. The van der Waals surface area contributed by atoms with E-state index in [4.69, 9.17) is 4.74 Å². The van der Waals surface area contributed by atoms with Gasteiger partial charge >= 0.3 is 0 Å². The molecule has 0 fully saturated rings. The molecular formula is C18H17FN4O2. The highest BCUT2D eigenvalue weighted by Gasteiger charge is 2.12. The summed E-state index contributed by atoms with van der Waals surface area (Å²) in [5.41, 5.74) is 1.60. The van der Waals surface area contributed by atoms with Crippen LogP contribution in [0.1, 0.15) is 15.9 Å². The fourth-order valence-electron chi connectivity index (χ4n) is 2.41. The molecule has 0 unspecified atom stereocenters. The number of halogens is 1. The number of carbonyl (C=O) groups excluding carboxylic acids is 1. The molecule has 0 saturated carbocycles. The lowest BCUT2D eigenvalue weighted by molar-refractivity contribution is 0.0950. The summed E-state index contributed by atoms with van der Waals surface area (Å²) in [5.74, 6) is 0.232. The molecule has 2 heterocycles. The van der Waals surface area contributed by atoms with Gasteiger partial charge in [0.25, 0.3) is 5.91 Å². The third-order valence-corrected chi connectivity index (χ3v) is 3.70. The van der Waals surface area contributed by atoms with Gasteiger partial charge in [-0.2, -0.15) is 0 Å². The number of benzene rings is 1. The Morgan fingerprint density at radius 1 is 1.28 bits per heavy atom. The van der Waals surface area contributed by atoms with E-state index in [0.29, 0.717) is 17.3 Å². The molecule has 0 radical (unpaired) electrons. The van der Waals surface area contributed by atoms with Gasteiger partial charge in [0.2, 0.25) is 5.88 Å². The van der Waals surface area contributed by atoms with Gasteiger partial charge in [-0.1, -0.05) is 6.07 Å². The number of carbonyl (C=O) groups is 1. The number of imidazole rings is 1. The highest BCUT2D eigenvalue weighted by atomic mass is 19.1. The first-order chi connectivity index (χ1) is 12.1. The summed E-state index contributed by atoms with van der Waals surface area (Å²) in [5, 5.41) is 2.75. The molecular weight excluding hydrogens is 323 g/mol. The highest BCUT2D eigenvalue weighted by Crippen LogP contribution is 2.20. The lowest BCUT2D eigenvalue weighted by Crippen LogP contribution is -2.23. The van der Waals surface area contributed by atoms with Gasteiger partial charge in [-0.15, -0.1) is 0 Å². The summed E-state index contributed by atoms with van der Waals surface area (Å²) < 4.78 is 20.7.